The lowest BCUT2D eigenvalue weighted by Gasteiger charge is -2.34. The molecule has 6 rings (SSSR count). The number of nitrogens with zero attached hydrogens (tertiary/aromatic N) is 3. The van der Waals surface area contributed by atoms with Gasteiger partial charge in [-0.15, -0.1) is 0 Å². The molecule has 0 unspecified atom stereocenters. The lowest BCUT2D eigenvalue weighted by atomic mass is 9.93. The SMILES string of the molecule is COC(=O)N1c2ccc3c(nc(C[C@H](C(=O)O)c4ccc(C5CC5)cc4)n3[C@H]3CCCOC3)c2CC[C@@H]1C. The van der Waals surface area contributed by atoms with Gasteiger partial charge in [-0.2, -0.15) is 0 Å². The van der Waals surface area contributed by atoms with Crippen molar-refractivity contribution in [3.05, 3.63) is 58.9 Å². The van der Waals surface area contributed by atoms with Crippen molar-refractivity contribution in [2.75, 3.05) is 25.2 Å². The van der Waals surface area contributed by atoms with Crippen LogP contribution in [-0.4, -0.2) is 53.1 Å². The molecule has 1 saturated carbocycles. The van der Waals surface area contributed by atoms with E-state index in [2.05, 4.69) is 16.7 Å². The Bertz CT molecular complexity index is 1350. The van der Waals surface area contributed by atoms with Gasteiger partial charge in [-0.1, -0.05) is 24.3 Å². The molecule has 1 saturated heterocycles. The number of carboxylic acids is 1. The van der Waals surface area contributed by atoms with Crippen molar-refractivity contribution in [1.82, 2.24) is 9.55 Å². The number of rotatable bonds is 6. The zero-order chi connectivity index (χ0) is 26.4. The van der Waals surface area contributed by atoms with Crippen LogP contribution in [0.4, 0.5) is 10.5 Å². The highest BCUT2D eigenvalue weighted by molar-refractivity contribution is 5.95. The molecule has 2 fully saturated rings. The first kappa shape index (κ1) is 24.9. The molecule has 8 heteroatoms. The first-order valence-electron chi connectivity index (χ1n) is 13.8. The van der Waals surface area contributed by atoms with Crippen molar-refractivity contribution in [3.63, 3.8) is 0 Å². The van der Waals surface area contributed by atoms with Crippen LogP contribution in [0.25, 0.3) is 11.0 Å². The molecule has 3 heterocycles. The fourth-order valence-corrected chi connectivity index (χ4v) is 6.25. The van der Waals surface area contributed by atoms with Crippen LogP contribution in [0.3, 0.4) is 0 Å². The molecular weight excluding hydrogens is 482 g/mol. The molecule has 2 aliphatic heterocycles. The molecular formula is C30H35N3O5. The van der Waals surface area contributed by atoms with Gasteiger partial charge in [0.2, 0.25) is 0 Å². The van der Waals surface area contributed by atoms with E-state index in [0.29, 0.717) is 12.5 Å². The number of hydrogen-bond acceptors (Lipinski definition) is 5. The molecule has 0 bridgehead atoms. The summed E-state index contributed by atoms with van der Waals surface area (Å²) in [6, 6.07) is 12.2. The molecule has 0 radical (unpaired) electrons. The third kappa shape index (κ3) is 4.45. The van der Waals surface area contributed by atoms with E-state index >= 15 is 0 Å². The third-order valence-corrected chi connectivity index (χ3v) is 8.47. The smallest absolute Gasteiger partial charge is 0.414 e. The van der Waals surface area contributed by atoms with Gasteiger partial charge in [0.1, 0.15) is 5.82 Å². The van der Waals surface area contributed by atoms with E-state index in [9.17, 15) is 14.7 Å². The maximum atomic E-state index is 12.6. The zero-order valence-electron chi connectivity index (χ0n) is 22.1. The van der Waals surface area contributed by atoms with Gasteiger partial charge < -0.3 is 19.1 Å². The standard InChI is InChI=1S/C30H35N3O5/c1-18-5-12-23-25(32(18)30(36)37-2)13-14-26-28(23)31-27(33(26)22-4-3-15-38-17-22)16-24(29(34)35)21-10-8-20(9-11-21)19-6-7-19/h8-11,13-14,18-19,22,24H,3-7,12,15-17H2,1-2H3,(H,34,35)/t18-,22-,24-/m0/s1. The molecule has 3 aliphatic rings. The van der Waals surface area contributed by atoms with Crippen molar-refractivity contribution in [1.29, 1.82) is 0 Å². The van der Waals surface area contributed by atoms with Crippen molar-refractivity contribution in [3.8, 4) is 0 Å². The number of carbonyl (C=O) groups excluding carboxylic acids is 1. The Morgan fingerprint density at radius 2 is 1.92 bits per heavy atom. The maximum Gasteiger partial charge on any atom is 0.414 e. The van der Waals surface area contributed by atoms with Crippen LogP contribution in [-0.2, 0) is 27.1 Å². The highest BCUT2D eigenvalue weighted by Gasteiger charge is 2.34. The van der Waals surface area contributed by atoms with E-state index in [4.69, 9.17) is 14.5 Å². The topological polar surface area (TPSA) is 93.9 Å². The van der Waals surface area contributed by atoms with Gasteiger partial charge in [0.05, 0.1) is 42.4 Å². The molecule has 3 atom stereocenters. The lowest BCUT2D eigenvalue weighted by molar-refractivity contribution is -0.138. The summed E-state index contributed by atoms with van der Waals surface area (Å²) in [6.07, 6.45) is 5.85. The van der Waals surface area contributed by atoms with Crippen LogP contribution in [0.2, 0.25) is 0 Å². The summed E-state index contributed by atoms with van der Waals surface area (Å²) in [4.78, 5) is 32.0. The number of methoxy groups -OCH3 is 1. The summed E-state index contributed by atoms with van der Waals surface area (Å²) in [7, 11) is 1.40. The van der Waals surface area contributed by atoms with Gasteiger partial charge >= 0.3 is 12.1 Å². The number of fused-ring (bicyclic) bond motifs is 3. The first-order valence-corrected chi connectivity index (χ1v) is 13.8. The number of aliphatic carboxylic acids is 1. The minimum atomic E-state index is -0.851. The van der Waals surface area contributed by atoms with Crippen LogP contribution in [0.15, 0.2) is 36.4 Å². The van der Waals surface area contributed by atoms with Crippen LogP contribution >= 0.6 is 0 Å². The van der Waals surface area contributed by atoms with E-state index in [-0.39, 0.29) is 24.6 Å². The van der Waals surface area contributed by atoms with Gasteiger partial charge in [0.25, 0.3) is 0 Å². The summed E-state index contributed by atoms with van der Waals surface area (Å²) in [6.45, 7) is 3.35. The van der Waals surface area contributed by atoms with E-state index in [1.54, 1.807) is 4.90 Å². The quantitative estimate of drug-likeness (QED) is 0.459. The Kier molecular flexibility index (Phi) is 6.60. The molecule has 38 heavy (non-hydrogen) atoms. The molecule has 1 N–H and O–H groups in total. The van der Waals surface area contributed by atoms with Gasteiger partial charge in [-0.3, -0.25) is 9.69 Å². The van der Waals surface area contributed by atoms with Crippen molar-refractivity contribution >= 4 is 28.8 Å². The molecule has 1 aliphatic carbocycles. The minimum absolute atomic E-state index is 0.0238. The predicted octanol–water partition coefficient (Wildman–Crippen LogP) is 5.58. The predicted molar refractivity (Wildman–Crippen MR) is 144 cm³/mol. The Hall–Kier alpha value is -3.39. The summed E-state index contributed by atoms with van der Waals surface area (Å²) in [5.74, 6) is -0.173. The second-order valence-electron chi connectivity index (χ2n) is 11.0. The summed E-state index contributed by atoms with van der Waals surface area (Å²) >= 11 is 0. The summed E-state index contributed by atoms with van der Waals surface area (Å²) in [5, 5.41) is 10.3. The molecule has 1 amide bonds. The zero-order valence-corrected chi connectivity index (χ0v) is 22.1. The molecule has 0 spiro atoms. The number of hydrogen-bond donors (Lipinski definition) is 1. The fraction of sp³-hybridized carbons (Fsp3) is 0.500. The largest absolute Gasteiger partial charge is 0.481 e. The number of ether oxygens (including phenoxy) is 2. The van der Waals surface area contributed by atoms with Gasteiger partial charge in [-0.05, 0) is 74.6 Å². The number of carbonyl (C=O) groups is 2. The average molecular weight is 518 g/mol. The number of aromatic nitrogens is 2. The molecule has 8 nitrogen and oxygen atoms in total. The Balaban J connectivity index is 1.44. The van der Waals surface area contributed by atoms with Gasteiger partial charge in [0.15, 0.2) is 0 Å². The minimum Gasteiger partial charge on any atom is -0.481 e. The van der Waals surface area contributed by atoms with E-state index in [1.807, 2.05) is 31.2 Å². The van der Waals surface area contributed by atoms with Crippen molar-refractivity contribution in [2.45, 2.75) is 75.8 Å². The maximum absolute atomic E-state index is 12.6. The second kappa shape index (κ2) is 10.1. The number of carboxylic acid groups (broad SMARTS) is 1. The molecule has 1 aromatic heterocycles. The van der Waals surface area contributed by atoms with E-state index in [0.717, 1.165) is 66.0 Å². The second-order valence-corrected chi connectivity index (χ2v) is 11.0. The average Bonchev–Trinajstić information content (AvgIpc) is 3.72. The van der Waals surface area contributed by atoms with Crippen molar-refractivity contribution in [2.24, 2.45) is 0 Å². The van der Waals surface area contributed by atoms with Crippen LogP contribution in [0.1, 0.15) is 79.4 Å². The Labute approximate surface area is 222 Å². The lowest BCUT2D eigenvalue weighted by Crippen LogP contribution is -2.42. The number of benzene rings is 2. The highest BCUT2D eigenvalue weighted by Crippen LogP contribution is 2.41. The van der Waals surface area contributed by atoms with Gasteiger partial charge in [0, 0.05) is 24.6 Å². The monoisotopic (exact) mass is 517 g/mol. The van der Waals surface area contributed by atoms with Crippen LogP contribution < -0.4 is 4.90 Å². The highest BCUT2D eigenvalue weighted by atomic mass is 16.5. The summed E-state index contributed by atoms with van der Waals surface area (Å²) in [5.41, 5.74) is 5.75. The number of anilines is 1. The normalized spacial score (nSPS) is 22.2. The Morgan fingerprint density at radius 3 is 2.58 bits per heavy atom. The first-order chi connectivity index (χ1) is 18.5. The van der Waals surface area contributed by atoms with Crippen molar-refractivity contribution < 1.29 is 24.2 Å². The van der Waals surface area contributed by atoms with E-state index in [1.165, 1.54) is 25.5 Å². The number of imidazole rings is 1. The van der Waals surface area contributed by atoms with Crippen LogP contribution in [0, 0.1) is 0 Å². The van der Waals surface area contributed by atoms with Crippen LogP contribution in [0.5, 0.6) is 0 Å². The van der Waals surface area contributed by atoms with Gasteiger partial charge in [-0.25, -0.2) is 9.78 Å². The van der Waals surface area contributed by atoms with E-state index < -0.39 is 11.9 Å². The molecule has 200 valence electrons. The number of aryl methyl sites for hydroxylation is 1. The molecule has 2 aromatic carbocycles. The third-order valence-electron chi connectivity index (χ3n) is 8.47. The number of amides is 1. The summed E-state index contributed by atoms with van der Waals surface area (Å²) < 4.78 is 13.1. The molecule has 3 aromatic rings. The Morgan fingerprint density at radius 1 is 1.13 bits per heavy atom. The fourth-order valence-electron chi connectivity index (χ4n) is 6.25.